The molecule has 0 aliphatic carbocycles. The minimum atomic E-state index is -0.0395. The Hall–Kier alpha value is -2.44. The molecule has 0 unspecified atom stereocenters. The standard InChI is InChI=1S/C16H15N3O2S/c17-13-8-11(3-4-15(13)21-7-6-20)16-19-14(10-22-16)12-2-1-5-18-9-12/h1-5,8-10,20H,6-7,17H2. The topological polar surface area (TPSA) is 81.3 Å². The number of pyridine rings is 1. The molecule has 2 heterocycles. The first kappa shape index (κ1) is 14.5. The number of ether oxygens (including phenoxy) is 1. The molecule has 0 aliphatic heterocycles. The average Bonchev–Trinajstić information content (AvgIpc) is 3.04. The highest BCUT2D eigenvalue weighted by Crippen LogP contribution is 2.32. The second-order valence-electron chi connectivity index (χ2n) is 4.60. The van der Waals surface area contributed by atoms with Gasteiger partial charge >= 0.3 is 0 Å². The SMILES string of the molecule is Nc1cc(-c2nc(-c3cccnc3)cs2)ccc1OCCO. The van der Waals surface area contributed by atoms with E-state index >= 15 is 0 Å². The number of nitrogen functional groups attached to an aromatic ring is 1. The molecule has 22 heavy (non-hydrogen) atoms. The fraction of sp³-hybridized carbons (Fsp3) is 0.125. The van der Waals surface area contributed by atoms with Gasteiger partial charge in [0.05, 0.1) is 18.0 Å². The fourth-order valence-electron chi connectivity index (χ4n) is 2.02. The number of anilines is 1. The van der Waals surface area contributed by atoms with E-state index in [1.165, 1.54) is 0 Å². The second kappa shape index (κ2) is 6.55. The van der Waals surface area contributed by atoms with Crippen LogP contribution in [0.15, 0.2) is 48.1 Å². The van der Waals surface area contributed by atoms with Gasteiger partial charge in [0, 0.05) is 28.9 Å². The third kappa shape index (κ3) is 3.08. The Bertz CT molecular complexity index is 759. The van der Waals surface area contributed by atoms with Gasteiger partial charge in [0.15, 0.2) is 0 Å². The molecular formula is C16H15N3O2S. The Labute approximate surface area is 132 Å². The zero-order valence-corrected chi connectivity index (χ0v) is 12.6. The molecule has 0 atom stereocenters. The monoisotopic (exact) mass is 313 g/mol. The van der Waals surface area contributed by atoms with Gasteiger partial charge in [0.25, 0.3) is 0 Å². The molecule has 0 aliphatic rings. The van der Waals surface area contributed by atoms with Crippen LogP contribution in [-0.4, -0.2) is 28.3 Å². The van der Waals surface area contributed by atoms with Gasteiger partial charge in [-0.3, -0.25) is 4.98 Å². The summed E-state index contributed by atoms with van der Waals surface area (Å²) in [5.41, 5.74) is 9.33. The third-order valence-electron chi connectivity index (χ3n) is 3.07. The number of aliphatic hydroxyl groups is 1. The van der Waals surface area contributed by atoms with Crippen molar-refractivity contribution < 1.29 is 9.84 Å². The van der Waals surface area contributed by atoms with Gasteiger partial charge in [0.2, 0.25) is 0 Å². The Morgan fingerprint density at radius 1 is 1.23 bits per heavy atom. The van der Waals surface area contributed by atoms with Crippen molar-refractivity contribution in [2.45, 2.75) is 0 Å². The Morgan fingerprint density at radius 3 is 2.86 bits per heavy atom. The van der Waals surface area contributed by atoms with Crippen LogP contribution in [0.4, 0.5) is 5.69 Å². The third-order valence-corrected chi connectivity index (χ3v) is 3.96. The highest BCUT2D eigenvalue weighted by molar-refractivity contribution is 7.13. The minimum Gasteiger partial charge on any atom is -0.489 e. The first-order valence-corrected chi connectivity index (χ1v) is 7.65. The number of thiazole rings is 1. The van der Waals surface area contributed by atoms with E-state index in [1.54, 1.807) is 29.8 Å². The summed E-state index contributed by atoms with van der Waals surface area (Å²) in [6, 6.07) is 9.41. The molecule has 0 fully saturated rings. The van der Waals surface area contributed by atoms with Crippen LogP contribution in [0, 0.1) is 0 Å². The smallest absolute Gasteiger partial charge is 0.142 e. The van der Waals surface area contributed by atoms with Gasteiger partial charge in [-0.25, -0.2) is 4.98 Å². The molecule has 3 rings (SSSR count). The molecule has 0 bridgehead atoms. The zero-order valence-electron chi connectivity index (χ0n) is 11.8. The van der Waals surface area contributed by atoms with Gasteiger partial charge in [-0.15, -0.1) is 11.3 Å². The van der Waals surface area contributed by atoms with E-state index in [-0.39, 0.29) is 13.2 Å². The lowest BCUT2D eigenvalue weighted by Gasteiger charge is -2.08. The normalized spacial score (nSPS) is 10.6. The molecule has 0 radical (unpaired) electrons. The molecule has 112 valence electrons. The predicted molar refractivity (Wildman–Crippen MR) is 87.8 cm³/mol. The highest BCUT2D eigenvalue weighted by atomic mass is 32.1. The van der Waals surface area contributed by atoms with E-state index in [0.717, 1.165) is 21.8 Å². The molecule has 0 saturated heterocycles. The summed E-state index contributed by atoms with van der Waals surface area (Å²) in [4.78, 5) is 8.73. The van der Waals surface area contributed by atoms with Crippen molar-refractivity contribution in [2.75, 3.05) is 18.9 Å². The molecule has 5 nitrogen and oxygen atoms in total. The van der Waals surface area contributed by atoms with Crippen LogP contribution in [-0.2, 0) is 0 Å². The molecule has 0 amide bonds. The molecule has 1 aromatic carbocycles. The van der Waals surface area contributed by atoms with Crippen LogP contribution in [0.2, 0.25) is 0 Å². The molecule has 0 saturated carbocycles. The van der Waals surface area contributed by atoms with Gasteiger partial charge in [0.1, 0.15) is 17.4 Å². The summed E-state index contributed by atoms with van der Waals surface area (Å²) in [7, 11) is 0. The molecule has 3 N–H and O–H groups in total. The number of hydrogen-bond donors (Lipinski definition) is 2. The summed E-state index contributed by atoms with van der Waals surface area (Å²) >= 11 is 1.55. The van der Waals surface area contributed by atoms with E-state index in [0.29, 0.717) is 11.4 Å². The summed E-state index contributed by atoms with van der Waals surface area (Å²) in [6.45, 7) is 0.189. The quantitative estimate of drug-likeness (QED) is 0.708. The Morgan fingerprint density at radius 2 is 2.14 bits per heavy atom. The van der Waals surface area contributed by atoms with E-state index < -0.39 is 0 Å². The number of nitrogens with two attached hydrogens (primary N) is 1. The van der Waals surface area contributed by atoms with Gasteiger partial charge in [-0.05, 0) is 30.3 Å². The molecule has 0 spiro atoms. The molecule has 3 aromatic rings. The summed E-state index contributed by atoms with van der Waals surface area (Å²) in [5.74, 6) is 0.571. The number of aromatic nitrogens is 2. The predicted octanol–water partition coefficient (Wildman–Crippen LogP) is 2.83. The number of rotatable bonds is 5. The zero-order chi connectivity index (χ0) is 15.4. The lowest BCUT2D eigenvalue weighted by Crippen LogP contribution is -2.03. The van der Waals surface area contributed by atoms with E-state index in [2.05, 4.69) is 9.97 Å². The maximum Gasteiger partial charge on any atom is 0.142 e. The largest absolute Gasteiger partial charge is 0.489 e. The van der Waals surface area contributed by atoms with Crippen LogP contribution < -0.4 is 10.5 Å². The first-order valence-electron chi connectivity index (χ1n) is 6.77. The van der Waals surface area contributed by atoms with Crippen LogP contribution in [0.1, 0.15) is 0 Å². The number of aliphatic hydroxyl groups excluding tert-OH is 1. The maximum atomic E-state index is 8.78. The second-order valence-corrected chi connectivity index (χ2v) is 5.46. The molecule has 2 aromatic heterocycles. The highest BCUT2D eigenvalue weighted by Gasteiger charge is 2.09. The summed E-state index contributed by atoms with van der Waals surface area (Å²) in [6.07, 6.45) is 3.53. The van der Waals surface area contributed by atoms with Crippen LogP contribution >= 0.6 is 11.3 Å². The van der Waals surface area contributed by atoms with Crippen molar-refractivity contribution in [3.05, 3.63) is 48.1 Å². The lowest BCUT2D eigenvalue weighted by atomic mass is 10.2. The lowest BCUT2D eigenvalue weighted by molar-refractivity contribution is 0.202. The Kier molecular flexibility index (Phi) is 4.32. The van der Waals surface area contributed by atoms with Gasteiger partial charge in [-0.2, -0.15) is 0 Å². The average molecular weight is 313 g/mol. The van der Waals surface area contributed by atoms with Crippen LogP contribution in [0.25, 0.3) is 21.8 Å². The number of benzene rings is 1. The van der Waals surface area contributed by atoms with Gasteiger partial charge < -0.3 is 15.6 Å². The number of nitrogens with zero attached hydrogens (tertiary/aromatic N) is 2. The summed E-state index contributed by atoms with van der Waals surface area (Å²) in [5, 5.41) is 11.7. The van der Waals surface area contributed by atoms with Crippen molar-refractivity contribution >= 4 is 17.0 Å². The van der Waals surface area contributed by atoms with Crippen molar-refractivity contribution in [1.82, 2.24) is 9.97 Å². The Balaban J connectivity index is 1.86. The molecule has 6 heteroatoms. The fourth-order valence-corrected chi connectivity index (χ4v) is 2.85. The van der Waals surface area contributed by atoms with Crippen LogP contribution in [0.5, 0.6) is 5.75 Å². The maximum absolute atomic E-state index is 8.78. The van der Waals surface area contributed by atoms with Crippen molar-refractivity contribution in [3.8, 4) is 27.6 Å². The minimum absolute atomic E-state index is 0.0395. The van der Waals surface area contributed by atoms with Crippen LogP contribution in [0.3, 0.4) is 0 Å². The van der Waals surface area contributed by atoms with E-state index in [9.17, 15) is 0 Å². The first-order chi connectivity index (χ1) is 10.8. The number of hydrogen-bond acceptors (Lipinski definition) is 6. The van der Waals surface area contributed by atoms with Gasteiger partial charge in [-0.1, -0.05) is 0 Å². The molecular weight excluding hydrogens is 298 g/mol. The van der Waals surface area contributed by atoms with Crippen molar-refractivity contribution in [3.63, 3.8) is 0 Å². The van der Waals surface area contributed by atoms with E-state index in [1.807, 2.05) is 29.6 Å². The van der Waals surface area contributed by atoms with E-state index in [4.69, 9.17) is 15.6 Å². The van der Waals surface area contributed by atoms with Crippen molar-refractivity contribution in [1.29, 1.82) is 0 Å². The summed E-state index contributed by atoms with van der Waals surface area (Å²) < 4.78 is 5.35. The van der Waals surface area contributed by atoms with Crippen molar-refractivity contribution in [2.24, 2.45) is 0 Å².